The lowest BCUT2D eigenvalue weighted by Crippen LogP contribution is -2.42. The molecule has 0 unspecified atom stereocenters. The fraction of sp³-hybridized carbons (Fsp3) is 0.417. The third-order valence-corrected chi connectivity index (χ3v) is 7.48. The van der Waals surface area contributed by atoms with Crippen molar-refractivity contribution in [3.63, 3.8) is 0 Å². The minimum atomic E-state index is -3.53. The van der Waals surface area contributed by atoms with Crippen LogP contribution >= 0.6 is 0 Å². The van der Waals surface area contributed by atoms with E-state index in [1.807, 2.05) is 20.8 Å². The van der Waals surface area contributed by atoms with Gasteiger partial charge in [-0.25, -0.2) is 8.42 Å². The second kappa shape index (κ2) is 11.3. The van der Waals surface area contributed by atoms with E-state index >= 15 is 0 Å². The number of hydrogen-bond acceptors (Lipinski definition) is 5. The summed E-state index contributed by atoms with van der Waals surface area (Å²) in [6.07, 6.45) is 0.821. The van der Waals surface area contributed by atoms with E-state index in [1.54, 1.807) is 50.2 Å². The summed E-state index contributed by atoms with van der Waals surface area (Å²) < 4.78 is 26.5. The summed E-state index contributed by atoms with van der Waals surface area (Å²) in [4.78, 5) is 24.8. The van der Waals surface area contributed by atoms with Gasteiger partial charge in [-0.2, -0.15) is 4.31 Å². The van der Waals surface area contributed by atoms with Crippen molar-refractivity contribution in [3.8, 4) is 0 Å². The summed E-state index contributed by atoms with van der Waals surface area (Å²) in [5.41, 5.74) is 1.48. The first kappa shape index (κ1) is 26.3. The predicted molar refractivity (Wildman–Crippen MR) is 132 cm³/mol. The summed E-state index contributed by atoms with van der Waals surface area (Å²) in [6.45, 7) is 10.3. The Morgan fingerprint density at radius 1 is 0.879 bits per heavy atom. The second-order valence-electron chi connectivity index (χ2n) is 8.28. The molecule has 0 saturated carbocycles. The molecule has 2 aromatic carbocycles. The zero-order chi connectivity index (χ0) is 24.6. The molecule has 33 heavy (non-hydrogen) atoms. The number of hydrogen-bond donors (Lipinski definition) is 3. The van der Waals surface area contributed by atoms with Gasteiger partial charge >= 0.3 is 0 Å². The molecule has 2 amide bonds. The van der Waals surface area contributed by atoms with E-state index in [0.29, 0.717) is 30.0 Å². The third-order valence-electron chi connectivity index (χ3n) is 5.42. The molecule has 2 rings (SSSR count). The van der Waals surface area contributed by atoms with E-state index in [-0.39, 0.29) is 28.8 Å². The van der Waals surface area contributed by atoms with Gasteiger partial charge < -0.3 is 16.0 Å². The van der Waals surface area contributed by atoms with Crippen LogP contribution in [0.3, 0.4) is 0 Å². The highest BCUT2D eigenvalue weighted by Gasteiger charge is 2.21. The van der Waals surface area contributed by atoms with Crippen molar-refractivity contribution in [2.75, 3.05) is 30.3 Å². The number of nitrogens with one attached hydrogen (secondary N) is 3. The lowest BCUT2D eigenvalue weighted by Gasteiger charge is -2.24. The first-order chi connectivity index (χ1) is 15.5. The Morgan fingerprint density at radius 2 is 1.42 bits per heavy atom. The smallest absolute Gasteiger partial charge is 0.251 e. The van der Waals surface area contributed by atoms with Gasteiger partial charge in [0.1, 0.15) is 0 Å². The highest BCUT2D eigenvalue weighted by molar-refractivity contribution is 7.89. The average molecular weight is 475 g/mol. The van der Waals surface area contributed by atoms with Gasteiger partial charge in [-0.05, 0) is 68.8 Å². The van der Waals surface area contributed by atoms with Crippen LogP contribution in [-0.2, 0) is 14.8 Å². The van der Waals surface area contributed by atoms with Crippen molar-refractivity contribution in [1.82, 2.24) is 9.62 Å². The maximum Gasteiger partial charge on any atom is 0.251 e. The Bertz CT molecular complexity index is 1040. The number of rotatable bonds is 11. The molecule has 0 bridgehead atoms. The monoisotopic (exact) mass is 474 g/mol. The Kier molecular flexibility index (Phi) is 9.01. The summed E-state index contributed by atoms with van der Waals surface area (Å²) in [7, 11) is -3.53. The number of nitrogens with zero attached hydrogens (tertiary/aromatic N) is 1. The standard InChI is InChI=1S/C24H34N4O4S/c1-6-24(4,5)27-23(30)18-9-11-19(12-10-18)25-17-22(29)26-20-13-15-21(16-14-20)33(31,32)28(7-2)8-3/h9-16,25H,6-8,17H2,1-5H3,(H,26,29)(H,27,30). The van der Waals surface area contributed by atoms with Crippen molar-refractivity contribution in [3.05, 3.63) is 54.1 Å². The fourth-order valence-corrected chi connectivity index (χ4v) is 4.48. The number of carbonyl (C=O) groups excluding carboxylic acids is 2. The predicted octanol–water partition coefficient (Wildman–Crippen LogP) is 3.69. The van der Waals surface area contributed by atoms with Gasteiger partial charge in [-0.3, -0.25) is 9.59 Å². The van der Waals surface area contributed by atoms with E-state index in [9.17, 15) is 18.0 Å². The maximum atomic E-state index is 12.5. The van der Waals surface area contributed by atoms with Crippen molar-refractivity contribution in [1.29, 1.82) is 0 Å². The van der Waals surface area contributed by atoms with Gasteiger partial charge in [0.05, 0.1) is 11.4 Å². The van der Waals surface area contributed by atoms with Crippen LogP contribution in [0.2, 0.25) is 0 Å². The molecule has 0 saturated heterocycles. The van der Waals surface area contributed by atoms with Crippen LogP contribution in [0.25, 0.3) is 0 Å². The summed E-state index contributed by atoms with van der Waals surface area (Å²) in [6, 6.07) is 13.0. The topological polar surface area (TPSA) is 108 Å². The summed E-state index contributed by atoms with van der Waals surface area (Å²) in [5, 5.41) is 8.73. The van der Waals surface area contributed by atoms with E-state index < -0.39 is 10.0 Å². The minimum Gasteiger partial charge on any atom is -0.376 e. The molecule has 0 aliphatic rings. The molecule has 2 aromatic rings. The van der Waals surface area contributed by atoms with Crippen molar-refractivity contribution in [2.45, 2.75) is 51.5 Å². The molecular formula is C24H34N4O4S. The Morgan fingerprint density at radius 3 is 1.94 bits per heavy atom. The summed E-state index contributed by atoms with van der Waals surface area (Å²) in [5.74, 6) is -0.418. The molecule has 3 N–H and O–H groups in total. The largest absolute Gasteiger partial charge is 0.376 e. The first-order valence-electron chi connectivity index (χ1n) is 11.1. The Labute approximate surface area is 196 Å². The second-order valence-corrected chi connectivity index (χ2v) is 10.2. The molecule has 0 atom stereocenters. The Hall–Kier alpha value is -2.91. The molecule has 0 radical (unpaired) electrons. The average Bonchev–Trinajstić information content (AvgIpc) is 2.78. The van der Waals surface area contributed by atoms with E-state index in [2.05, 4.69) is 16.0 Å². The first-order valence-corrected chi connectivity index (χ1v) is 12.5. The molecule has 9 heteroatoms. The van der Waals surface area contributed by atoms with E-state index in [4.69, 9.17) is 0 Å². The number of benzene rings is 2. The normalized spacial score (nSPS) is 11.8. The molecule has 0 spiro atoms. The molecule has 0 heterocycles. The van der Waals surface area contributed by atoms with Gasteiger partial charge in [-0.15, -0.1) is 0 Å². The highest BCUT2D eigenvalue weighted by atomic mass is 32.2. The van der Waals surface area contributed by atoms with Crippen LogP contribution in [0, 0.1) is 0 Å². The molecule has 0 fully saturated rings. The van der Waals surface area contributed by atoms with Gasteiger partial charge in [0.15, 0.2) is 0 Å². The third kappa shape index (κ3) is 7.30. The zero-order valence-electron chi connectivity index (χ0n) is 19.9. The lowest BCUT2D eigenvalue weighted by molar-refractivity contribution is -0.114. The SMILES string of the molecule is CCN(CC)S(=O)(=O)c1ccc(NC(=O)CNc2ccc(C(=O)NC(C)(C)CC)cc2)cc1. The van der Waals surface area contributed by atoms with Gasteiger partial charge in [0.2, 0.25) is 15.9 Å². The van der Waals surface area contributed by atoms with Crippen LogP contribution in [0.15, 0.2) is 53.4 Å². The van der Waals surface area contributed by atoms with Crippen LogP contribution in [-0.4, -0.2) is 49.7 Å². The number of amides is 2. The quantitative estimate of drug-likeness (QED) is 0.460. The van der Waals surface area contributed by atoms with Crippen LogP contribution in [0.1, 0.15) is 51.4 Å². The van der Waals surface area contributed by atoms with Crippen LogP contribution in [0.4, 0.5) is 11.4 Å². The van der Waals surface area contributed by atoms with Gasteiger partial charge in [0.25, 0.3) is 5.91 Å². The Balaban J connectivity index is 1.91. The van der Waals surface area contributed by atoms with Crippen LogP contribution in [0.5, 0.6) is 0 Å². The number of anilines is 2. The van der Waals surface area contributed by atoms with Crippen molar-refractivity contribution in [2.24, 2.45) is 0 Å². The summed E-state index contributed by atoms with van der Waals surface area (Å²) >= 11 is 0. The zero-order valence-corrected chi connectivity index (χ0v) is 20.8. The molecular weight excluding hydrogens is 440 g/mol. The van der Waals surface area contributed by atoms with Crippen molar-refractivity contribution >= 4 is 33.2 Å². The number of sulfonamides is 1. The minimum absolute atomic E-state index is 0.0217. The van der Waals surface area contributed by atoms with Crippen LogP contribution < -0.4 is 16.0 Å². The molecule has 180 valence electrons. The molecule has 0 aromatic heterocycles. The van der Waals surface area contributed by atoms with E-state index in [1.165, 1.54) is 16.4 Å². The van der Waals surface area contributed by atoms with E-state index in [0.717, 1.165) is 6.42 Å². The highest BCUT2D eigenvalue weighted by Crippen LogP contribution is 2.18. The molecule has 0 aliphatic heterocycles. The molecule has 8 nitrogen and oxygen atoms in total. The van der Waals surface area contributed by atoms with Gasteiger partial charge in [-0.1, -0.05) is 20.8 Å². The number of carbonyl (C=O) groups is 2. The van der Waals surface area contributed by atoms with Gasteiger partial charge in [0, 0.05) is 35.6 Å². The lowest BCUT2D eigenvalue weighted by atomic mass is 10.0. The van der Waals surface area contributed by atoms with Crippen molar-refractivity contribution < 1.29 is 18.0 Å². The molecule has 0 aliphatic carbocycles. The maximum absolute atomic E-state index is 12.5. The fourth-order valence-electron chi connectivity index (χ4n) is 3.02.